The summed E-state index contributed by atoms with van der Waals surface area (Å²) in [6.45, 7) is -2.67. The van der Waals surface area contributed by atoms with Crippen LogP contribution in [0.2, 0.25) is 0 Å². The highest BCUT2D eigenvalue weighted by molar-refractivity contribution is 9.10. The van der Waals surface area contributed by atoms with Crippen molar-refractivity contribution in [1.82, 2.24) is 0 Å². The maximum absolute atomic E-state index is 8.78. The molecule has 0 heterocycles. The topological polar surface area (TPSA) is 23.8 Å². The second-order valence-corrected chi connectivity index (χ2v) is 2.34. The van der Waals surface area contributed by atoms with Gasteiger partial charge in [-0.2, -0.15) is 5.26 Å². The van der Waals surface area contributed by atoms with Crippen LogP contribution in [0.25, 0.3) is 0 Å². The molecule has 2 heteroatoms. The first kappa shape index (κ1) is 2.67. The fourth-order valence-corrected chi connectivity index (χ4v) is 0.755. The Bertz CT molecular complexity index is 487. The molecule has 1 nitrogen and oxygen atoms in total. The number of hydrogen-bond donors (Lipinski definition) is 0. The standard InChI is InChI=1S/C8H6BrN/c1-6-2-3-8(9)7(4-6)5-10/h2-4H,1H3/i1D3,2D,3D,4D. The van der Waals surface area contributed by atoms with Gasteiger partial charge in [-0.25, -0.2) is 0 Å². The first-order valence-electron chi connectivity index (χ1n) is 5.41. The molecule has 1 aromatic carbocycles. The minimum absolute atomic E-state index is 0.0157. The van der Waals surface area contributed by atoms with Gasteiger partial charge in [-0.05, 0) is 40.4 Å². The Kier molecular flexibility index (Phi) is 0.761. The van der Waals surface area contributed by atoms with E-state index in [1.54, 1.807) is 6.07 Å². The largest absolute Gasteiger partial charge is 0.192 e. The summed E-state index contributed by atoms with van der Waals surface area (Å²) in [5.74, 6) is 0. The SMILES string of the molecule is [2H]c1c([2H])c(C([2H])([2H])[2H])c([2H])c(C#N)c1Br. The molecule has 0 saturated carbocycles. The van der Waals surface area contributed by atoms with Crippen molar-refractivity contribution in [3.8, 4) is 6.07 Å². The second kappa shape index (κ2) is 2.85. The van der Waals surface area contributed by atoms with E-state index >= 15 is 0 Å². The van der Waals surface area contributed by atoms with Gasteiger partial charge in [-0.15, -0.1) is 0 Å². The molecule has 0 radical (unpaired) electrons. The number of nitrogens with zero attached hydrogens (tertiary/aromatic N) is 1. The molecule has 0 bridgehead atoms. The average Bonchev–Trinajstić information content (AvgIpc) is 2.13. The third-order valence-electron chi connectivity index (χ3n) is 0.879. The molecular formula is C8H6BrN. The summed E-state index contributed by atoms with van der Waals surface area (Å²) in [5.41, 5.74) is -0.788. The van der Waals surface area contributed by atoms with Crippen molar-refractivity contribution in [2.45, 2.75) is 6.85 Å². The van der Waals surface area contributed by atoms with Crippen LogP contribution in [-0.2, 0) is 0 Å². The van der Waals surface area contributed by atoms with Crippen LogP contribution in [0.5, 0.6) is 0 Å². The van der Waals surface area contributed by atoms with Gasteiger partial charge in [0.2, 0.25) is 0 Å². The molecule has 0 aliphatic rings. The van der Waals surface area contributed by atoms with Crippen LogP contribution < -0.4 is 0 Å². The number of halogens is 1. The second-order valence-electron chi connectivity index (χ2n) is 1.55. The first-order chi connectivity index (χ1) is 7.21. The van der Waals surface area contributed by atoms with E-state index in [1.165, 1.54) is 0 Å². The van der Waals surface area contributed by atoms with Gasteiger partial charge in [0, 0.05) is 8.58 Å². The molecule has 0 atom stereocenters. The van der Waals surface area contributed by atoms with E-state index in [4.69, 9.17) is 13.5 Å². The van der Waals surface area contributed by atoms with E-state index in [0.717, 1.165) is 0 Å². The molecule has 1 aromatic rings. The van der Waals surface area contributed by atoms with Crippen molar-refractivity contribution < 1.29 is 8.22 Å². The summed E-state index contributed by atoms with van der Waals surface area (Å²) in [6.07, 6.45) is 0. The maximum Gasteiger partial charge on any atom is 0.100 e. The Morgan fingerprint density at radius 3 is 3.20 bits per heavy atom. The Labute approximate surface area is 76.9 Å². The van der Waals surface area contributed by atoms with Crippen molar-refractivity contribution in [3.63, 3.8) is 0 Å². The lowest BCUT2D eigenvalue weighted by molar-refractivity contribution is 1.40. The van der Waals surface area contributed by atoms with Crippen molar-refractivity contribution in [2.75, 3.05) is 0 Å². The van der Waals surface area contributed by atoms with Crippen molar-refractivity contribution in [1.29, 1.82) is 5.26 Å². The Morgan fingerprint density at radius 1 is 1.80 bits per heavy atom. The van der Waals surface area contributed by atoms with Crippen molar-refractivity contribution in [3.05, 3.63) is 33.7 Å². The predicted octanol–water partition coefficient (Wildman–Crippen LogP) is 2.63. The van der Waals surface area contributed by atoms with Gasteiger partial charge in [0.1, 0.15) is 6.07 Å². The van der Waals surface area contributed by atoms with Gasteiger partial charge in [0.15, 0.2) is 0 Å². The molecule has 0 N–H and O–H groups in total. The minimum Gasteiger partial charge on any atom is -0.192 e. The third-order valence-corrected chi connectivity index (χ3v) is 1.47. The molecule has 0 aromatic heterocycles. The summed E-state index contributed by atoms with van der Waals surface area (Å²) in [6, 6.07) is 0.203. The first-order valence-corrected chi connectivity index (χ1v) is 3.21. The van der Waals surface area contributed by atoms with E-state index in [1.807, 2.05) is 0 Å². The Hall–Kier alpha value is -0.810. The van der Waals surface area contributed by atoms with Gasteiger partial charge in [0.25, 0.3) is 0 Å². The number of benzene rings is 1. The molecule has 10 heavy (non-hydrogen) atoms. The average molecular weight is 202 g/mol. The number of nitriles is 1. The van der Waals surface area contributed by atoms with E-state index in [2.05, 4.69) is 15.9 Å². The summed E-state index contributed by atoms with van der Waals surface area (Å²) in [7, 11) is 0. The fraction of sp³-hybridized carbons (Fsp3) is 0.125. The van der Waals surface area contributed by atoms with Crippen LogP contribution >= 0.6 is 15.9 Å². The zero-order chi connectivity index (χ0) is 12.7. The highest BCUT2D eigenvalue weighted by Gasteiger charge is 1.95. The summed E-state index contributed by atoms with van der Waals surface area (Å²) < 4.78 is 44.1. The Balaban J connectivity index is 3.78. The maximum atomic E-state index is 8.78. The quantitative estimate of drug-likeness (QED) is 0.634. The Morgan fingerprint density at radius 2 is 2.60 bits per heavy atom. The van der Waals surface area contributed by atoms with Crippen LogP contribution in [0.4, 0.5) is 0 Å². The minimum atomic E-state index is -2.67. The predicted molar refractivity (Wildman–Crippen MR) is 43.6 cm³/mol. The molecule has 1 rings (SSSR count). The molecule has 0 saturated heterocycles. The lowest BCUT2D eigenvalue weighted by Gasteiger charge is -1.94. The van der Waals surface area contributed by atoms with Gasteiger partial charge < -0.3 is 0 Å². The molecular weight excluding hydrogens is 190 g/mol. The van der Waals surface area contributed by atoms with Crippen molar-refractivity contribution in [2.24, 2.45) is 0 Å². The molecule has 0 spiro atoms. The zero-order valence-electron chi connectivity index (χ0n) is 10.8. The molecule has 0 unspecified atom stereocenters. The van der Waals surface area contributed by atoms with Crippen LogP contribution in [0, 0.1) is 18.2 Å². The normalized spacial score (nSPS) is 18.8. The molecule has 0 amide bonds. The van der Waals surface area contributed by atoms with E-state index in [0.29, 0.717) is 0 Å². The zero-order valence-corrected chi connectivity index (χ0v) is 6.41. The van der Waals surface area contributed by atoms with Crippen LogP contribution in [-0.4, -0.2) is 0 Å². The van der Waals surface area contributed by atoms with E-state index < -0.39 is 30.5 Å². The smallest absolute Gasteiger partial charge is 0.100 e. The van der Waals surface area contributed by atoms with Gasteiger partial charge >= 0.3 is 0 Å². The van der Waals surface area contributed by atoms with Crippen molar-refractivity contribution >= 4 is 15.9 Å². The van der Waals surface area contributed by atoms with E-state index in [9.17, 15) is 0 Å². The summed E-state index contributed by atoms with van der Waals surface area (Å²) in [5, 5.41) is 8.78. The highest BCUT2D eigenvalue weighted by atomic mass is 79.9. The summed E-state index contributed by atoms with van der Waals surface area (Å²) in [4.78, 5) is 0. The molecule has 0 aliphatic heterocycles. The third kappa shape index (κ3) is 1.37. The monoisotopic (exact) mass is 201 g/mol. The lowest BCUT2D eigenvalue weighted by Crippen LogP contribution is -1.78. The van der Waals surface area contributed by atoms with Gasteiger partial charge in [0.05, 0.1) is 9.68 Å². The number of rotatable bonds is 0. The molecule has 50 valence electrons. The van der Waals surface area contributed by atoms with Gasteiger partial charge in [-0.3, -0.25) is 0 Å². The van der Waals surface area contributed by atoms with Crippen LogP contribution in [0.15, 0.2) is 22.6 Å². The lowest BCUT2D eigenvalue weighted by atomic mass is 10.2. The fourth-order valence-electron chi connectivity index (χ4n) is 0.468. The van der Waals surface area contributed by atoms with E-state index in [-0.39, 0.29) is 10.0 Å². The highest BCUT2D eigenvalue weighted by Crippen LogP contribution is 2.16. The van der Waals surface area contributed by atoms with Crippen LogP contribution in [0.3, 0.4) is 0 Å². The summed E-state index contributed by atoms with van der Waals surface area (Å²) >= 11 is 2.91. The number of hydrogen-bond acceptors (Lipinski definition) is 1. The van der Waals surface area contributed by atoms with Gasteiger partial charge in [-0.1, -0.05) is 6.04 Å². The molecule has 0 aliphatic carbocycles. The molecule has 0 fully saturated rings. The van der Waals surface area contributed by atoms with Crippen LogP contribution in [0.1, 0.15) is 19.4 Å².